The smallest absolute Gasteiger partial charge is 0.222 e. The average Bonchev–Trinajstić information content (AvgIpc) is 2.52. The maximum atomic E-state index is 12.0. The Bertz CT molecular complexity index is 300. The van der Waals surface area contributed by atoms with E-state index in [0.29, 0.717) is 18.4 Å². The Morgan fingerprint density at radius 1 is 1.40 bits per heavy atom. The molecule has 20 heavy (non-hydrogen) atoms. The van der Waals surface area contributed by atoms with Crippen LogP contribution < -0.4 is 5.43 Å². The van der Waals surface area contributed by atoms with Crippen molar-refractivity contribution in [2.24, 2.45) is 11.0 Å². The molecule has 1 heterocycles. The second-order valence-corrected chi connectivity index (χ2v) is 5.46. The van der Waals surface area contributed by atoms with Crippen LogP contribution in [0.3, 0.4) is 0 Å². The van der Waals surface area contributed by atoms with Crippen LogP contribution in [0.5, 0.6) is 0 Å². The number of nitrogens with zero attached hydrogens (tertiary/aromatic N) is 2. The molecule has 1 aliphatic rings. The third kappa shape index (κ3) is 6.92. The minimum absolute atomic E-state index is 0.287. The summed E-state index contributed by atoms with van der Waals surface area (Å²) in [6.45, 7) is 14.1. The molecule has 1 unspecified atom stereocenters. The SMILES string of the molecule is CC.CCCC(=O)N1CC/C(C(C)C)=N\NC(C)CC1. The molecule has 0 aromatic carbocycles. The van der Waals surface area contributed by atoms with Crippen molar-refractivity contribution in [3.05, 3.63) is 0 Å². The molecule has 0 aromatic rings. The normalized spacial score (nSPS) is 22.4. The fourth-order valence-electron chi connectivity index (χ4n) is 2.06. The maximum Gasteiger partial charge on any atom is 0.222 e. The molecular formula is C16H33N3O. The van der Waals surface area contributed by atoms with Gasteiger partial charge in [0.25, 0.3) is 0 Å². The molecule has 0 saturated carbocycles. The molecule has 0 spiro atoms. The number of hydrogen-bond acceptors (Lipinski definition) is 3. The van der Waals surface area contributed by atoms with E-state index in [1.54, 1.807) is 0 Å². The molecule has 1 N–H and O–H groups in total. The van der Waals surface area contributed by atoms with Gasteiger partial charge in [-0.15, -0.1) is 0 Å². The van der Waals surface area contributed by atoms with E-state index >= 15 is 0 Å². The van der Waals surface area contributed by atoms with E-state index in [4.69, 9.17) is 0 Å². The molecule has 1 atom stereocenters. The first-order chi connectivity index (χ1) is 9.54. The number of carbonyl (C=O) groups excluding carboxylic acids is 1. The topological polar surface area (TPSA) is 44.7 Å². The highest BCUT2D eigenvalue weighted by Gasteiger charge is 2.17. The van der Waals surface area contributed by atoms with Crippen molar-refractivity contribution in [3.8, 4) is 0 Å². The van der Waals surface area contributed by atoms with Crippen molar-refractivity contribution in [1.82, 2.24) is 10.3 Å². The molecule has 0 radical (unpaired) electrons. The minimum Gasteiger partial charge on any atom is -0.342 e. The predicted octanol–water partition coefficient (Wildman–Crippen LogP) is 3.43. The Morgan fingerprint density at radius 3 is 2.60 bits per heavy atom. The Hall–Kier alpha value is -1.06. The standard InChI is InChI=1S/C14H27N3O.C2H6/c1-5-6-14(18)17-9-7-12(4)15-16-13(8-10-17)11(2)3;1-2/h11-12,15H,5-10H2,1-4H3;1-2H3/b16-13+;. The lowest BCUT2D eigenvalue weighted by atomic mass is 10.1. The van der Waals surface area contributed by atoms with Gasteiger partial charge in [-0.3, -0.25) is 4.79 Å². The predicted molar refractivity (Wildman–Crippen MR) is 86.9 cm³/mol. The summed E-state index contributed by atoms with van der Waals surface area (Å²) in [5.74, 6) is 0.723. The van der Waals surface area contributed by atoms with Gasteiger partial charge in [0.1, 0.15) is 0 Å². The summed E-state index contributed by atoms with van der Waals surface area (Å²) < 4.78 is 0. The van der Waals surface area contributed by atoms with Crippen LogP contribution in [0.15, 0.2) is 5.10 Å². The zero-order valence-electron chi connectivity index (χ0n) is 14.2. The summed E-state index contributed by atoms with van der Waals surface area (Å²) in [6, 6.07) is 0.328. The van der Waals surface area contributed by atoms with E-state index in [2.05, 4.69) is 38.2 Å². The summed E-state index contributed by atoms with van der Waals surface area (Å²) in [4.78, 5) is 14.0. The van der Waals surface area contributed by atoms with Gasteiger partial charge in [-0.05, 0) is 25.7 Å². The van der Waals surface area contributed by atoms with Gasteiger partial charge in [-0.2, -0.15) is 5.10 Å². The van der Waals surface area contributed by atoms with E-state index in [-0.39, 0.29) is 5.91 Å². The van der Waals surface area contributed by atoms with Crippen LogP contribution in [0.1, 0.15) is 67.2 Å². The molecule has 0 bridgehead atoms. The Kier molecular flexibility index (Phi) is 10.1. The molecule has 1 rings (SSSR count). The number of hydrogen-bond donors (Lipinski definition) is 1. The third-order valence-electron chi connectivity index (χ3n) is 3.38. The van der Waals surface area contributed by atoms with Crippen molar-refractivity contribution in [2.45, 2.75) is 73.3 Å². The Balaban J connectivity index is 0.00000172. The molecule has 0 saturated heterocycles. The zero-order chi connectivity index (χ0) is 15.5. The molecule has 0 fully saturated rings. The molecule has 1 amide bonds. The maximum absolute atomic E-state index is 12.0. The van der Waals surface area contributed by atoms with E-state index in [0.717, 1.165) is 38.1 Å². The number of rotatable bonds is 3. The van der Waals surface area contributed by atoms with Crippen LogP contribution in [-0.2, 0) is 4.79 Å². The molecule has 1 aliphatic heterocycles. The number of carbonyl (C=O) groups is 1. The highest BCUT2D eigenvalue weighted by molar-refractivity contribution is 5.86. The molecule has 0 aromatic heterocycles. The average molecular weight is 283 g/mol. The lowest BCUT2D eigenvalue weighted by Crippen LogP contribution is -2.35. The van der Waals surface area contributed by atoms with Crippen molar-refractivity contribution >= 4 is 11.6 Å². The van der Waals surface area contributed by atoms with E-state index in [1.807, 2.05) is 18.7 Å². The van der Waals surface area contributed by atoms with Crippen molar-refractivity contribution in [3.63, 3.8) is 0 Å². The van der Waals surface area contributed by atoms with Crippen molar-refractivity contribution in [2.75, 3.05) is 13.1 Å². The van der Waals surface area contributed by atoms with Gasteiger partial charge in [0.05, 0.1) is 0 Å². The van der Waals surface area contributed by atoms with E-state index < -0.39 is 0 Å². The Labute approximate surface area is 125 Å². The fourth-order valence-corrected chi connectivity index (χ4v) is 2.06. The monoisotopic (exact) mass is 283 g/mol. The van der Waals surface area contributed by atoms with Gasteiger partial charge in [0.15, 0.2) is 0 Å². The van der Waals surface area contributed by atoms with E-state index in [1.165, 1.54) is 0 Å². The number of amides is 1. The van der Waals surface area contributed by atoms with Gasteiger partial charge in [-0.1, -0.05) is 34.6 Å². The van der Waals surface area contributed by atoms with Crippen molar-refractivity contribution in [1.29, 1.82) is 0 Å². The number of hydrazone groups is 1. The molecular weight excluding hydrogens is 250 g/mol. The largest absolute Gasteiger partial charge is 0.342 e. The van der Waals surface area contributed by atoms with Crippen LogP contribution in [-0.4, -0.2) is 35.7 Å². The van der Waals surface area contributed by atoms with Gasteiger partial charge in [-0.25, -0.2) is 0 Å². The minimum atomic E-state index is 0.287. The van der Waals surface area contributed by atoms with Crippen molar-refractivity contribution < 1.29 is 4.79 Å². The highest BCUT2D eigenvalue weighted by Crippen LogP contribution is 2.09. The molecule has 4 heteroatoms. The summed E-state index contributed by atoms with van der Waals surface area (Å²) in [7, 11) is 0. The summed E-state index contributed by atoms with van der Waals surface area (Å²) in [6.07, 6.45) is 3.43. The van der Waals surface area contributed by atoms with Gasteiger partial charge in [0, 0.05) is 37.7 Å². The van der Waals surface area contributed by atoms with Crippen LogP contribution >= 0.6 is 0 Å². The van der Waals surface area contributed by atoms with Crippen LogP contribution in [0, 0.1) is 5.92 Å². The summed E-state index contributed by atoms with van der Waals surface area (Å²) in [5.41, 5.74) is 4.36. The second kappa shape index (κ2) is 10.7. The summed E-state index contributed by atoms with van der Waals surface area (Å²) in [5, 5.41) is 4.49. The number of nitrogens with one attached hydrogen (secondary N) is 1. The van der Waals surface area contributed by atoms with E-state index in [9.17, 15) is 4.79 Å². The van der Waals surface area contributed by atoms with Crippen LogP contribution in [0.4, 0.5) is 0 Å². The molecule has 118 valence electrons. The lowest BCUT2D eigenvalue weighted by Gasteiger charge is -2.23. The first-order valence-corrected chi connectivity index (χ1v) is 8.14. The highest BCUT2D eigenvalue weighted by atomic mass is 16.2. The Morgan fingerprint density at radius 2 is 2.05 bits per heavy atom. The molecule has 4 nitrogen and oxygen atoms in total. The van der Waals surface area contributed by atoms with Gasteiger partial charge < -0.3 is 10.3 Å². The lowest BCUT2D eigenvalue weighted by molar-refractivity contribution is -0.131. The summed E-state index contributed by atoms with van der Waals surface area (Å²) >= 11 is 0. The van der Waals surface area contributed by atoms with Gasteiger partial charge in [0.2, 0.25) is 5.91 Å². The van der Waals surface area contributed by atoms with Crippen LogP contribution in [0.25, 0.3) is 0 Å². The fraction of sp³-hybridized carbons (Fsp3) is 0.875. The first-order valence-electron chi connectivity index (χ1n) is 8.14. The second-order valence-electron chi connectivity index (χ2n) is 5.46. The van der Waals surface area contributed by atoms with Gasteiger partial charge >= 0.3 is 0 Å². The van der Waals surface area contributed by atoms with Crippen LogP contribution in [0.2, 0.25) is 0 Å². The third-order valence-corrected chi connectivity index (χ3v) is 3.38. The zero-order valence-corrected chi connectivity index (χ0v) is 14.2. The molecule has 0 aliphatic carbocycles. The first kappa shape index (κ1) is 18.9. The quantitative estimate of drug-likeness (QED) is 0.862.